The van der Waals surface area contributed by atoms with Crippen LogP contribution in [0.4, 0.5) is 8.78 Å². The average Bonchev–Trinajstić information content (AvgIpc) is 2.42. The number of carbonyl (C=O) groups is 2. The maximum atomic E-state index is 13.4. The normalized spacial score (nSPS) is 11.5. The number of rotatable bonds is 7. The van der Waals surface area contributed by atoms with Gasteiger partial charge in [-0.1, -0.05) is 6.07 Å². The number of primary amides is 1. The van der Waals surface area contributed by atoms with E-state index in [4.69, 9.17) is 12.2 Å². The Kier molecular flexibility index (Phi) is 6.34. The molecule has 1 rings (SSSR count). The molecule has 0 aliphatic carbocycles. The second kappa shape index (κ2) is 8.00. The van der Waals surface area contributed by atoms with Crippen molar-refractivity contribution in [1.29, 1.82) is 0 Å². The van der Waals surface area contributed by atoms with Gasteiger partial charge in [-0.05, 0) is 25.0 Å². The van der Waals surface area contributed by atoms with E-state index >= 15 is 0 Å². The van der Waals surface area contributed by atoms with Crippen LogP contribution in [0.25, 0.3) is 0 Å². The quantitative estimate of drug-likeness (QED) is 0.587. The van der Waals surface area contributed by atoms with Crippen LogP contribution >= 0.6 is 0 Å². The molecular weight excluding hydrogens is 278 g/mol. The van der Waals surface area contributed by atoms with Crippen molar-refractivity contribution in [2.45, 2.75) is 31.7 Å². The lowest BCUT2D eigenvalue weighted by molar-refractivity contribution is -0.127. The minimum absolute atomic E-state index is 0.283. The number of amides is 2. The molecule has 1 atom stereocenters. The second-order valence-corrected chi connectivity index (χ2v) is 4.50. The molecular formula is C15H16F2N2O2. The van der Waals surface area contributed by atoms with Gasteiger partial charge in [0.1, 0.15) is 17.7 Å². The molecule has 0 radical (unpaired) electrons. The van der Waals surface area contributed by atoms with Gasteiger partial charge in [0.15, 0.2) is 0 Å². The summed E-state index contributed by atoms with van der Waals surface area (Å²) >= 11 is 0. The van der Waals surface area contributed by atoms with Crippen LogP contribution in [0.3, 0.4) is 0 Å². The van der Waals surface area contributed by atoms with E-state index in [2.05, 4.69) is 11.2 Å². The van der Waals surface area contributed by atoms with Crippen molar-refractivity contribution in [3.63, 3.8) is 0 Å². The molecule has 112 valence electrons. The summed E-state index contributed by atoms with van der Waals surface area (Å²) in [6.45, 7) is 0. The predicted octanol–water partition coefficient (Wildman–Crippen LogP) is 1.28. The molecule has 0 saturated heterocycles. The first kappa shape index (κ1) is 16.6. The van der Waals surface area contributed by atoms with Gasteiger partial charge in [0.05, 0.1) is 6.42 Å². The number of halogens is 2. The van der Waals surface area contributed by atoms with Gasteiger partial charge in [-0.2, -0.15) is 0 Å². The van der Waals surface area contributed by atoms with E-state index in [-0.39, 0.29) is 12.0 Å². The summed E-state index contributed by atoms with van der Waals surface area (Å²) < 4.78 is 26.8. The Morgan fingerprint density at radius 3 is 2.48 bits per heavy atom. The van der Waals surface area contributed by atoms with Crippen molar-refractivity contribution in [2.75, 3.05) is 0 Å². The third kappa shape index (κ3) is 5.22. The predicted molar refractivity (Wildman–Crippen MR) is 73.9 cm³/mol. The molecule has 0 aliphatic rings. The van der Waals surface area contributed by atoms with E-state index < -0.39 is 35.9 Å². The highest BCUT2D eigenvalue weighted by atomic mass is 19.1. The summed E-state index contributed by atoms with van der Waals surface area (Å²) in [6, 6.07) is 2.42. The number of carbonyl (C=O) groups excluding carboxylic acids is 2. The fourth-order valence-electron chi connectivity index (χ4n) is 1.80. The van der Waals surface area contributed by atoms with Crippen LogP contribution in [-0.2, 0) is 16.0 Å². The molecule has 0 spiro atoms. The van der Waals surface area contributed by atoms with Gasteiger partial charge in [-0.3, -0.25) is 9.59 Å². The van der Waals surface area contributed by atoms with E-state index in [0.29, 0.717) is 12.8 Å². The van der Waals surface area contributed by atoms with Crippen molar-refractivity contribution in [3.8, 4) is 12.3 Å². The van der Waals surface area contributed by atoms with Crippen LogP contribution in [0.5, 0.6) is 0 Å². The van der Waals surface area contributed by atoms with Crippen molar-refractivity contribution in [3.05, 3.63) is 35.4 Å². The number of unbranched alkanes of at least 4 members (excludes halogenated alkanes) is 1. The molecule has 0 unspecified atom stereocenters. The molecule has 0 aliphatic heterocycles. The first-order valence-electron chi connectivity index (χ1n) is 6.40. The first-order chi connectivity index (χ1) is 9.95. The van der Waals surface area contributed by atoms with E-state index in [9.17, 15) is 18.4 Å². The lowest BCUT2D eigenvalue weighted by Crippen LogP contribution is -2.45. The van der Waals surface area contributed by atoms with Gasteiger partial charge in [-0.15, -0.1) is 12.3 Å². The van der Waals surface area contributed by atoms with E-state index in [1.807, 2.05) is 0 Å². The molecule has 0 saturated carbocycles. The highest BCUT2D eigenvalue weighted by Gasteiger charge is 2.19. The number of hydrogen-bond acceptors (Lipinski definition) is 2. The van der Waals surface area contributed by atoms with Crippen molar-refractivity contribution < 1.29 is 18.4 Å². The van der Waals surface area contributed by atoms with Gasteiger partial charge in [-0.25, -0.2) is 8.78 Å². The Hall–Kier alpha value is -2.42. The molecule has 4 nitrogen and oxygen atoms in total. The van der Waals surface area contributed by atoms with Crippen LogP contribution < -0.4 is 11.1 Å². The molecule has 0 aromatic heterocycles. The fourth-order valence-corrected chi connectivity index (χ4v) is 1.80. The summed E-state index contributed by atoms with van der Waals surface area (Å²) in [6.07, 6.45) is 5.83. The van der Waals surface area contributed by atoms with Gasteiger partial charge in [0.2, 0.25) is 11.8 Å². The average molecular weight is 294 g/mol. The van der Waals surface area contributed by atoms with Gasteiger partial charge < -0.3 is 11.1 Å². The SMILES string of the molecule is C#CCCC[C@@H](NC(=O)Cc1c(F)cccc1F)C(N)=O. The first-order valence-corrected chi connectivity index (χ1v) is 6.40. The number of hydrogen-bond donors (Lipinski definition) is 2. The van der Waals surface area contributed by atoms with E-state index in [1.165, 1.54) is 6.07 Å². The molecule has 1 aromatic carbocycles. The van der Waals surface area contributed by atoms with Crippen LogP contribution in [0.1, 0.15) is 24.8 Å². The lowest BCUT2D eigenvalue weighted by Gasteiger charge is -2.15. The molecule has 0 heterocycles. The van der Waals surface area contributed by atoms with Crippen molar-refractivity contribution in [2.24, 2.45) is 5.73 Å². The highest BCUT2D eigenvalue weighted by molar-refractivity contribution is 5.87. The summed E-state index contributed by atoms with van der Waals surface area (Å²) in [7, 11) is 0. The van der Waals surface area contributed by atoms with E-state index in [0.717, 1.165) is 12.1 Å². The van der Waals surface area contributed by atoms with Crippen molar-refractivity contribution >= 4 is 11.8 Å². The molecule has 0 bridgehead atoms. The fraction of sp³-hybridized carbons (Fsp3) is 0.333. The number of terminal acetylenes is 1. The number of nitrogens with two attached hydrogens (primary N) is 1. The Balaban J connectivity index is 2.66. The highest BCUT2D eigenvalue weighted by Crippen LogP contribution is 2.12. The zero-order valence-electron chi connectivity index (χ0n) is 11.4. The minimum atomic E-state index is -0.902. The van der Waals surface area contributed by atoms with Crippen LogP contribution in [-0.4, -0.2) is 17.9 Å². The number of nitrogens with one attached hydrogen (secondary N) is 1. The minimum Gasteiger partial charge on any atom is -0.368 e. The Morgan fingerprint density at radius 2 is 1.95 bits per heavy atom. The second-order valence-electron chi connectivity index (χ2n) is 4.50. The molecule has 0 fully saturated rings. The standard InChI is InChI=1S/C15H16F2N2O2/c1-2-3-4-8-13(15(18)21)19-14(20)9-10-11(16)6-5-7-12(10)17/h1,5-7,13H,3-4,8-9H2,(H2,18,21)(H,19,20)/t13-/m1/s1. The Morgan fingerprint density at radius 1 is 1.33 bits per heavy atom. The third-order valence-electron chi connectivity index (χ3n) is 2.89. The molecule has 1 aromatic rings. The molecule has 2 amide bonds. The molecule has 6 heteroatoms. The zero-order valence-corrected chi connectivity index (χ0v) is 11.4. The summed E-state index contributed by atoms with van der Waals surface area (Å²) in [5, 5.41) is 2.36. The van der Waals surface area contributed by atoms with Gasteiger partial charge >= 0.3 is 0 Å². The number of benzene rings is 1. The molecule has 3 N–H and O–H groups in total. The summed E-state index contributed by atoms with van der Waals surface area (Å²) in [5.41, 5.74) is 4.82. The Labute approximate surface area is 121 Å². The van der Waals surface area contributed by atoms with Gasteiger partial charge in [0.25, 0.3) is 0 Å². The van der Waals surface area contributed by atoms with Crippen molar-refractivity contribution in [1.82, 2.24) is 5.32 Å². The lowest BCUT2D eigenvalue weighted by atomic mass is 10.1. The summed E-state index contributed by atoms with van der Waals surface area (Å²) in [4.78, 5) is 23.0. The summed E-state index contributed by atoms with van der Waals surface area (Å²) in [5.74, 6) is -0.609. The van der Waals surface area contributed by atoms with Crippen LogP contribution in [0.2, 0.25) is 0 Å². The maximum Gasteiger partial charge on any atom is 0.240 e. The topological polar surface area (TPSA) is 72.2 Å². The largest absolute Gasteiger partial charge is 0.368 e. The smallest absolute Gasteiger partial charge is 0.240 e. The van der Waals surface area contributed by atoms with Crippen LogP contribution in [0, 0.1) is 24.0 Å². The maximum absolute atomic E-state index is 13.4. The van der Waals surface area contributed by atoms with Crippen LogP contribution in [0.15, 0.2) is 18.2 Å². The van der Waals surface area contributed by atoms with Gasteiger partial charge in [0, 0.05) is 12.0 Å². The van der Waals surface area contributed by atoms with E-state index in [1.54, 1.807) is 0 Å². The molecule has 21 heavy (non-hydrogen) atoms. The zero-order chi connectivity index (χ0) is 15.8. The third-order valence-corrected chi connectivity index (χ3v) is 2.89. The monoisotopic (exact) mass is 294 g/mol. The Bertz CT molecular complexity index is 547.